The fraction of sp³-hybridized carbons (Fsp3) is 0.417. The monoisotopic (exact) mass is 392 g/mol. The third-order valence-corrected chi connectivity index (χ3v) is 5.51. The summed E-state index contributed by atoms with van der Waals surface area (Å²) in [5.41, 5.74) is 3.96. The third-order valence-electron chi connectivity index (χ3n) is 5.51. The van der Waals surface area contributed by atoms with E-state index < -0.39 is 0 Å². The molecule has 2 N–H and O–H groups in total. The molecule has 0 saturated carbocycles. The largest absolute Gasteiger partial charge is 0.356 e. The van der Waals surface area contributed by atoms with E-state index in [-0.39, 0.29) is 5.91 Å². The molecule has 5 nitrogen and oxygen atoms in total. The summed E-state index contributed by atoms with van der Waals surface area (Å²) in [6, 6.07) is 18.9. The summed E-state index contributed by atoms with van der Waals surface area (Å²) in [5.74, 6) is 1.42. The summed E-state index contributed by atoms with van der Waals surface area (Å²) < 4.78 is 0. The van der Waals surface area contributed by atoms with Crippen molar-refractivity contribution in [2.75, 3.05) is 26.7 Å². The predicted molar refractivity (Wildman–Crippen MR) is 119 cm³/mol. The summed E-state index contributed by atoms with van der Waals surface area (Å²) in [5, 5.41) is 6.69. The van der Waals surface area contributed by atoms with Crippen LogP contribution in [0.5, 0.6) is 0 Å². The molecule has 0 aliphatic carbocycles. The van der Waals surface area contributed by atoms with E-state index in [4.69, 9.17) is 0 Å². The van der Waals surface area contributed by atoms with Crippen molar-refractivity contribution in [3.05, 3.63) is 71.3 Å². The second-order valence-electron chi connectivity index (χ2n) is 7.63. The molecule has 0 spiro atoms. The minimum atomic E-state index is 0.238. The maximum absolute atomic E-state index is 12.5. The Kier molecular flexibility index (Phi) is 7.68. The van der Waals surface area contributed by atoms with Crippen LogP contribution in [0, 0.1) is 0 Å². The highest BCUT2D eigenvalue weighted by Crippen LogP contribution is 2.19. The molecule has 0 fully saturated rings. The van der Waals surface area contributed by atoms with Gasteiger partial charge >= 0.3 is 0 Å². The second kappa shape index (κ2) is 10.6. The molecule has 3 rings (SSSR count). The number of amides is 1. The topological polar surface area (TPSA) is 56.7 Å². The first-order valence-electron chi connectivity index (χ1n) is 10.5. The average Bonchev–Trinajstić information content (AvgIpc) is 2.78. The van der Waals surface area contributed by atoms with Gasteiger partial charge in [-0.05, 0) is 35.4 Å². The molecule has 2 aromatic rings. The molecule has 1 aliphatic rings. The van der Waals surface area contributed by atoms with Crippen molar-refractivity contribution in [3.8, 4) is 0 Å². The molecule has 1 amide bonds. The van der Waals surface area contributed by atoms with Gasteiger partial charge in [0.05, 0.1) is 0 Å². The molecule has 2 aromatic carbocycles. The fourth-order valence-corrected chi connectivity index (χ4v) is 3.68. The SMILES string of the molecule is CN=C(NCCCC(=O)N1CCc2ccccc2C1)NCC(C)c1ccccc1. The molecule has 0 radical (unpaired) electrons. The number of hydrogen-bond donors (Lipinski definition) is 2. The van der Waals surface area contributed by atoms with E-state index >= 15 is 0 Å². The Labute approximate surface area is 174 Å². The zero-order chi connectivity index (χ0) is 20.5. The molecule has 5 heteroatoms. The van der Waals surface area contributed by atoms with E-state index in [1.807, 2.05) is 17.0 Å². The smallest absolute Gasteiger partial charge is 0.222 e. The van der Waals surface area contributed by atoms with Crippen LogP contribution < -0.4 is 10.6 Å². The number of aliphatic imine (C=N–C) groups is 1. The Morgan fingerprint density at radius 2 is 1.79 bits per heavy atom. The summed E-state index contributed by atoms with van der Waals surface area (Å²) in [6.45, 7) is 5.31. The molecule has 1 heterocycles. The van der Waals surface area contributed by atoms with Crippen molar-refractivity contribution < 1.29 is 4.79 Å². The Balaban J connectivity index is 1.35. The van der Waals surface area contributed by atoms with E-state index in [0.717, 1.165) is 45.0 Å². The van der Waals surface area contributed by atoms with Crippen molar-refractivity contribution in [2.24, 2.45) is 4.99 Å². The predicted octanol–water partition coefficient (Wildman–Crippen LogP) is 3.32. The maximum atomic E-state index is 12.5. The van der Waals surface area contributed by atoms with E-state index in [1.54, 1.807) is 7.05 Å². The maximum Gasteiger partial charge on any atom is 0.222 e. The zero-order valence-electron chi connectivity index (χ0n) is 17.5. The number of carbonyl (C=O) groups is 1. The molecule has 154 valence electrons. The van der Waals surface area contributed by atoms with Gasteiger partial charge in [0.2, 0.25) is 5.91 Å². The first kappa shape index (κ1) is 20.9. The second-order valence-corrected chi connectivity index (χ2v) is 7.63. The van der Waals surface area contributed by atoms with Gasteiger partial charge in [-0.1, -0.05) is 61.5 Å². The molecule has 29 heavy (non-hydrogen) atoms. The quantitative estimate of drug-likeness (QED) is 0.432. The van der Waals surface area contributed by atoms with Gasteiger partial charge in [-0.15, -0.1) is 0 Å². The number of rotatable bonds is 7. The van der Waals surface area contributed by atoms with Crippen molar-refractivity contribution in [3.63, 3.8) is 0 Å². The Morgan fingerprint density at radius 3 is 2.55 bits per heavy atom. The highest BCUT2D eigenvalue weighted by molar-refractivity contribution is 5.80. The highest BCUT2D eigenvalue weighted by Gasteiger charge is 2.19. The number of nitrogens with zero attached hydrogens (tertiary/aromatic N) is 2. The van der Waals surface area contributed by atoms with E-state index in [1.165, 1.54) is 16.7 Å². The number of carbonyl (C=O) groups excluding carboxylic acids is 1. The number of hydrogen-bond acceptors (Lipinski definition) is 2. The Hall–Kier alpha value is -2.82. The van der Waals surface area contributed by atoms with Gasteiger partial charge < -0.3 is 15.5 Å². The lowest BCUT2D eigenvalue weighted by molar-refractivity contribution is -0.132. The Morgan fingerprint density at radius 1 is 1.07 bits per heavy atom. The summed E-state index contributed by atoms with van der Waals surface area (Å²) >= 11 is 0. The van der Waals surface area contributed by atoms with E-state index in [0.29, 0.717) is 12.3 Å². The molecular formula is C24H32N4O. The van der Waals surface area contributed by atoms with Crippen molar-refractivity contribution >= 4 is 11.9 Å². The van der Waals surface area contributed by atoms with E-state index in [9.17, 15) is 4.79 Å². The number of fused-ring (bicyclic) bond motifs is 1. The van der Waals surface area contributed by atoms with Crippen LogP contribution in [-0.2, 0) is 17.8 Å². The lowest BCUT2D eigenvalue weighted by atomic mass is 9.99. The number of nitrogens with one attached hydrogen (secondary N) is 2. The van der Waals surface area contributed by atoms with Gasteiger partial charge in [0.15, 0.2) is 5.96 Å². The summed E-state index contributed by atoms with van der Waals surface area (Å²) in [6.07, 6.45) is 2.31. The fourth-order valence-electron chi connectivity index (χ4n) is 3.68. The third kappa shape index (κ3) is 6.08. The minimum Gasteiger partial charge on any atom is -0.356 e. The van der Waals surface area contributed by atoms with Crippen LogP contribution in [0.25, 0.3) is 0 Å². The van der Waals surface area contributed by atoms with E-state index in [2.05, 4.69) is 65.0 Å². The van der Waals surface area contributed by atoms with Crippen LogP contribution in [0.4, 0.5) is 0 Å². The van der Waals surface area contributed by atoms with Crippen LogP contribution in [0.2, 0.25) is 0 Å². The molecule has 1 aliphatic heterocycles. The summed E-state index contributed by atoms with van der Waals surface area (Å²) in [7, 11) is 1.78. The van der Waals surface area contributed by atoms with Crippen LogP contribution in [-0.4, -0.2) is 43.4 Å². The Bertz CT molecular complexity index is 819. The number of guanidine groups is 1. The molecule has 0 aromatic heterocycles. The lowest BCUT2D eigenvalue weighted by Crippen LogP contribution is -2.40. The van der Waals surface area contributed by atoms with Crippen LogP contribution in [0.15, 0.2) is 59.6 Å². The van der Waals surface area contributed by atoms with Crippen LogP contribution in [0.1, 0.15) is 42.4 Å². The molecule has 1 unspecified atom stereocenters. The van der Waals surface area contributed by atoms with Crippen LogP contribution >= 0.6 is 0 Å². The van der Waals surface area contributed by atoms with Crippen molar-refractivity contribution in [2.45, 2.75) is 38.6 Å². The first-order valence-corrected chi connectivity index (χ1v) is 10.5. The zero-order valence-corrected chi connectivity index (χ0v) is 17.5. The number of benzene rings is 2. The van der Waals surface area contributed by atoms with Gasteiger partial charge in [-0.25, -0.2) is 0 Å². The normalized spacial score (nSPS) is 14.8. The van der Waals surface area contributed by atoms with Gasteiger partial charge in [0.25, 0.3) is 0 Å². The molecular weight excluding hydrogens is 360 g/mol. The van der Waals surface area contributed by atoms with Crippen LogP contribution in [0.3, 0.4) is 0 Å². The van der Waals surface area contributed by atoms with Gasteiger partial charge in [-0.2, -0.15) is 0 Å². The lowest BCUT2D eigenvalue weighted by Gasteiger charge is -2.29. The minimum absolute atomic E-state index is 0.238. The average molecular weight is 393 g/mol. The molecule has 0 saturated heterocycles. The van der Waals surface area contributed by atoms with Crippen molar-refractivity contribution in [1.29, 1.82) is 0 Å². The van der Waals surface area contributed by atoms with Gasteiger partial charge in [0, 0.05) is 39.6 Å². The van der Waals surface area contributed by atoms with Gasteiger partial charge in [0.1, 0.15) is 0 Å². The molecule has 0 bridgehead atoms. The molecule has 1 atom stereocenters. The summed E-state index contributed by atoms with van der Waals surface area (Å²) in [4.78, 5) is 18.8. The van der Waals surface area contributed by atoms with Gasteiger partial charge in [-0.3, -0.25) is 9.79 Å². The van der Waals surface area contributed by atoms with Crippen molar-refractivity contribution in [1.82, 2.24) is 15.5 Å². The highest BCUT2D eigenvalue weighted by atomic mass is 16.2. The first-order chi connectivity index (χ1) is 14.2. The standard InChI is InChI=1S/C24H32N4O/c1-19(20-9-4-3-5-10-20)17-27-24(25-2)26-15-8-13-23(29)28-16-14-21-11-6-7-12-22(21)18-28/h3-7,9-12,19H,8,13-18H2,1-2H3,(H2,25,26,27).